The van der Waals surface area contributed by atoms with Gasteiger partial charge in [-0.2, -0.15) is 0 Å². The number of nitrogens with one attached hydrogen (secondary N) is 1. The normalized spacial score (nSPS) is 19.0. The highest BCUT2D eigenvalue weighted by Gasteiger charge is 2.41. The minimum Gasteiger partial charge on any atom is -0.490 e. The number of rotatable bonds is 6. The molecule has 2 aromatic carbocycles. The summed E-state index contributed by atoms with van der Waals surface area (Å²) in [6.45, 7) is 0.787. The highest BCUT2D eigenvalue weighted by molar-refractivity contribution is 5.98. The van der Waals surface area contributed by atoms with E-state index in [9.17, 15) is 14.0 Å². The molecule has 2 amide bonds. The van der Waals surface area contributed by atoms with Gasteiger partial charge in [-0.05, 0) is 47.9 Å². The van der Waals surface area contributed by atoms with Gasteiger partial charge in [0.1, 0.15) is 23.8 Å². The van der Waals surface area contributed by atoms with Crippen LogP contribution in [0.4, 0.5) is 4.39 Å². The van der Waals surface area contributed by atoms with Crippen LogP contribution in [-0.2, 0) is 9.53 Å². The van der Waals surface area contributed by atoms with E-state index in [1.165, 1.54) is 24.3 Å². The van der Waals surface area contributed by atoms with Gasteiger partial charge in [0.15, 0.2) is 0 Å². The van der Waals surface area contributed by atoms with E-state index in [1.807, 2.05) is 18.3 Å². The summed E-state index contributed by atoms with van der Waals surface area (Å²) in [5, 5.41) is 1.02. The Morgan fingerprint density at radius 2 is 2.00 bits per heavy atom. The number of fused-ring (bicyclic) bond motifs is 1. The first-order valence-electron chi connectivity index (χ1n) is 9.61. The zero-order valence-electron chi connectivity index (χ0n) is 16.3. The molecule has 0 unspecified atom stereocenters. The number of aromatic nitrogens is 1. The first-order chi connectivity index (χ1) is 14.4. The Hall–Kier alpha value is -3.39. The van der Waals surface area contributed by atoms with Crippen LogP contribution < -0.4 is 10.5 Å². The van der Waals surface area contributed by atoms with E-state index in [0.717, 1.165) is 10.9 Å². The number of aromatic amines is 1. The van der Waals surface area contributed by atoms with Crippen molar-refractivity contribution in [2.45, 2.75) is 12.0 Å². The van der Waals surface area contributed by atoms with Gasteiger partial charge < -0.3 is 25.1 Å². The van der Waals surface area contributed by atoms with Crippen LogP contribution in [0.5, 0.6) is 5.75 Å². The van der Waals surface area contributed by atoms with Crippen LogP contribution in [0.15, 0.2) is 54.7 Å². The minimum atomic E-state index is -1.08. The fourth-order valence-electron chi connectivity index (χ4n) is 3.69. The summed E-state index contributed by atoms with van der Waals surface area (Å²) in [5.41, 5.74) is 5.78. The van der Waals surface area contributed by atoms with Gasteiger partial charge in [0.25, 0.3) is 5.91 Å². The number of amides is 2. The largest absolute Gasteiger partial charge is 0.490 e. The quantitative estimate of drug-likeness (QED) is 0.651. The van der Waals surface area contributed by atoms with Crippen molar-refractivity contribution in [2.24, 2.45) is 5.73 Å². The average molecular weight is 411 g/mol. The summed E-state index contributed by atoms with van der Waals surface area (Å²) in [7, 11) is 0. The second-order valence-corrected chi connectivity index (χ2v) is 7.42. The number of carbonyl (C=O) groups is 2. The van der Waals surface area contributed by atoms with Crippen LogP contribution in [-0.4, -0.2) is 53.6 Å². The molecule has 4 rings (SSSR count). The van der Waals surface area contributed by atoms with E-state index in [0.29, 0.717) is 17.9 Å². The molecule has 3 aromatic rings. The third-order valence-corrected chi connectivity index (χ3v) is 5.15. The number of nitrogens with zero attached hydrogens (tertiary/aromatic N) is 1. The molecular formula is C22H22FN3O4. The summed E-state index contributed by atoms with van der Waals surface area (Å²) in [5.74, 6) is -0.659. The SMILES string of the molecule is NC(=O)C[C@]1(COc2ccc(F)cc2)CN(C(=O)c2ccc3cc[nH]c3c2)CCO1. The average Bonchev–Trinajstić information content (AvgIpc) is 3.20. The highest BCUT2D eigenvalue weighted by Crippen LogP contribution is 2.26. The molecule has 1 aliphatic heterocycles. The van der Waals surface area contributed by atoms with Crippen molar-refractivity contribution in [2.75, 3.05) is 26.3 Å². The molecule has 0 saturated carbocycles. The number of ether oxygens (including phenoxy) is 2. The van der Waals surface area contributed by atoms with E-state index in [-0.39, 0.29) is 37.9 Å². The third kappa shape index (κ3) is 4.28. The van der Waals surface area contributed by atoms with Crippen molar-refractivity contribution in [3.05, 3.63) is 66.1 Å². The van der Waals surface area contributed by atoms with E-state index in [2.05, 4.69) is 4.98 Å². The lowest BCUT2D eigenvalue weighted by Gasteiger charge is -2.42. The molecule has 1 fully saturated rings. The summed E-state index contributed by atoms with van der Waals surface area (Å²) in [6.07, 6.45) is 1.71. The van der Waals surface area contributed by atoms with Crippen molar-refractivity contribution in [3.63, 3.8) is 0 Å². The van der Waals surface area contributed by atoms with Crippen molar-refractivity contribution < 1.29 is 23.5 Å². The van der Waals surface area contributed by atoms with Crippen molar-refractivity contribution in [3.8, 4) is 5.75 Å². The fourth-order valence-corrected chi connectivity index (χ4v) is 3.69. The van der Waals surface area contributed by atoms with E-state index in [4.69, 9.17) is 15.2 Å². The Balaban J connectivity index is 1.52. The lowest BCUT2D eigenvalue weighted by molar-refractivity contribution is -0.142. The molecule has 30 heavy (non-hydrogen) atoms. The van der Waals surface area contributed by atoms with Crippen molar-refractivity contribution in [1.82, 2.24) is 9.88 Å². The number of morpholine rings is 1. The van der Waals surface area contributed by atoms with Crippen LogP contribution in [0.25, 0.3) is 10.9 Å². The molecule has 1 atom stereocenters. The molecule has 0 aliphatic carbocycles. The number of carbonyl (C=O) groups excluding carboxylic acids is 2. The van der Waals surface area contributed by atoms with E-state index < -0.39 is 11.5 Å². The summed E-state index contributed by atoms with van der Waals surface area (Å²) < 4.78 is 24.8. The number of primary amides is 1. The molecular weight excluding hydrogens is 389 g/mol. The van der Waals surface area contributed by atoms with Crippen LogP contribution in [0.2, 0.25) is 0 Å². The minimum absolute atomic E-state index is 0.00101. The molecule has 156 valence electrons. The number of benzene rings is 2. The first-order valence-corrected chi connectivity index (χ1v) is 9.61. The van der Waals surface area contributed by atoms with Crippen LogP contribution in [0.3, 0.4) is 0 Å². The number of halogens is 1. The Bertz CT molecular complexity index is 1070. The maximum atomic E-state index is 13.1. The van der Waals surface area contributed by atoms with E-state index >= 15 is 0 Å². The van der Waals surface area contributed by atoms with Gasteiger partial charge in [0, 0.05) is 23.8 Å². The van der Waals surface area contributed by atoms with Gasteiger partial charge in [-0.3, -0.25) is 9.59 Å². The maximum Gasteiger partial charge on any atom is 0.254 e. The van der Waals surface area contributed by atoms with Gasteiger partial charge in [-0.1, -0.05) is 6.07 Å². The lowest BCUT2D eigenvalue weighted by Crippen LogP contribution is -2.58. The second kappa shape index (κ2) is 8.16. The monoisotopic (exact) mass is 411 g/mol. The lowest BCUT2D eigenvalue weighted by atomic mass is 9.97. The number of hydrogen-bond donors (Lipinski definition) is 2. The Kier molecular flexibility index (Phi) is 5.41. The number of hydrogen-bond acceptors (Lipinski definition) is 4. The van der Waals surface area contributed by atoms with Crippen LogP contribution in [0.1, 0.15) is 16.8 Å². The Morgan fingerprint density at radius 1 is 1.20 bits per heavy atom. The third-order valence-electron chi connectivity index (χ3n) is 5.15. The summed E-state index contributed by atoms with van der Waals surface area (Å²) in [4.78, 5) is 29.6. The van der Waals surface area contributed by atoms with Gasteiger partial charge in [-0.25, -0.2) is 4.39 Å². The highest BCUT2D eigenvalue weighted by atomic mass is 19.1. The van der Waals surface area contributed by atoms with Gasteiger partial charge >= 0.3 is 0 Å². The molecule has 1 saturated heterocycles. The molecule has 3 N–H and O–H groups in total. The Labute approximate surface area is 172 Å². The molecule has 2 heterocycles. The Morgan fingerprint density at radius 3 is 2.77 bits per heavy atom. The maximum absolute atomic E-state index is 13.1. The van der Waals surface area contributed by atoms with Crippen LogP contribution >= 0.6 is 0 Å². The van der Waals surface area contributed by atoms with E-state index in [1.54, 1.807) is 17.0 Å². The van der Waals surface area contributed by atoms with Crippen LogP contribution in [0, 0.1) is 5.82 Å². The zero-order valence-corrected chi connectivity index (χ0v) is 16.3. The van der Waals surface area contributed by atoms with Gasteiger partial charge in [-0.15, -0.1) is 0 Å². The molecule has 8 heteroatoms. The summed E-state index contributed by atoms with van der Waals surface area (Å²) >= 11 is 0. The number of H-pyrrole nitrogens is 1. The van der Waals surface area contributed by atoms with Crippen molar-refractivity contribution >= 4 is 22.7 Å². The van der Waals surface area contributed by atoms with Crippen molar-refractivity contribution in [1.29, 1.82) is 0 Å². The predicted molar refractivity (Wildman–Crippen MR) is 109 cm³/mol. The first kappa shape index (κ1) is 19.9. The molecule has 0 bridgehead atoms. The molecule has 7 nitrogen and oxygen atoms in total. The zero-order chi connectivity index (χ0) is 21.1. The van der Waals surface area contributed by atoms with Gasteiger partial charge in [0.2, 0.25) is 5.91 Å². The molecule has 0 radical (unpaired) electrons. The molecule has 1 aromatic heterocycles. The molecule has 0 spiro atoms. The standard InChI is InChI=1S/C22H22FN3O4/c23-17-3-5-18(6-4-17)29-14-22(12-20(24)27)13-26(9-10-30-22)21(28)16-2-1-15-7-8-25-19(15)11-16/h1-8,11,25H,9-10,12-14H2,(H2,24,27)/t22-/m1/s1. The molecule has 1 aliphatic rings. The second-order valence-electron chi connectivity index (χ2n) is 7.42. The topological polar surface area (TPSA) is 97.7 Å². The smallest absolute Gasteiger partial charge is 0.254 e. The fraction of sp³-hybridized carbons (Fsp3) is 0.273. The number of nitrogens with two attached hydrogens (primary N) is 1. The van der Waals surface area contributed by atoms with Gasteiger partial charge in [0.05, 0.1) is 19.6 Å². The predicted octanol–water partition coefficient (Wildman–Crippen LogP) is 2.47. The summed E-state index contributed by atoms with van der Waals surface area (Å²) in [6, 6.07) is 12.9.